The van der Waals surface area contributed by atoms with Gasteiger partial charge >= 0.3 is 0 Å². The zero-order valence-corrected chi connectivity index (χ0v) is 7.34. The molecule has 0 aromatic carbocycles. The van der Waals surface area contributed by atoms with Gasteiger partial charge in [0.1, 0.15) is 0 Å². The summed E-state index contributed by atoms with van der Waals surface area (Å²) in [4.78, 5) is 11.2. The zero-order chi connectivity index (χ0) is 8.77. The predicted molar refractivity (Wildman–Crippen MR) is 45.7 cm³/mol. The largest absolute Gasteiger partial charge is 0.385 e. The lowest BCUT2D eigenvalue weighted by Gasteiger charge is -2.25. The van der Waals surface area contributed by atoms with Crippen molar-refractivity contribution in [1.29, 1.82) is 0 Å². The van der Waals surface area contributed by atoms with Crippen LogP contribution in [0.1, 0.15) is 32.6 Å². The van der Waals surface area contributed by atoms with E-state index in [1.807, 2.05) is 6.08 Å². The summed E-state index contributed by atoms with van der Waals surface area (Å²) in [5, 5.41) is 10.2. The van der Waals surface area contributed by atoms with Crippen molar-refractivity contribution in [3.8, 4) is 0 Å². The van der Waals surface area contributed by atoms with Crippen LogP contribution in [0, 0.1) is 5.92 Å². The molecule has 2 aliphatic carbocycles. The monoisotopic (exact) mass is 166 g/mol. The Balaban J connectivity index is 2.32. The third-order valence-electron chi connectivity index (χ3n) is 3.24. The number of aliphatic hydroxyl groups is 1. The molecule has 0 amide bonds. The van der Waals surface area contributed by atoms with Gasteiger partial charge in [0.05, 0.1) is 5.60 Å². The summed E-state index contributed by atoms with van der Waals surface area (Å²) in [6.07, 6.45) is 5.73. The molecule has 2 atom stereocenters. The molecule has 0 bridgehead atoms. The quantitative estimate of drug-likeness (QED) is 0.640. The van der Waals surface area contributed by atoms with Gasteiger partial charge in [-0.25, -0.2) is 0 Å². The second-order valence-corrected chi connectivity index (χ2v) is 3.92. The molecule has 0 spiro atoms. The third-order valence-corrected chi connectivity index (χ3v) is 3.24. The first-order valence-electron chi connectivity index (χ1n) is 4.58. The van der Waals surface area contributed by atoms with Crippen molar-refractivity contribution in [2.24, 2.45) is 5.92 Å². The second-order valence-electron chi connectivity index (χ2n) is 3.92. The topological polar surface area (TPSA) is 37.3 Å². The van der Waals surface area contributed by atoms with Gasteiger partial charge < -0.3 is 5.11 Å². The van der Waals surface area contributed by atoms with Crippen LogP contribution in [-0.4, -0.2) is 16.5 Å². The molecule has 2 unspecified atom stereocenters. The van der Waals surface area contributed by atoms with Crippen LogP contribution in [0.5, 0.6) is 0 Å². The minimum absolute atomic E-state index is 0.0434. The Bertz CT molecular complexity index is 255. The van der Waals surface area contributed by atoms with Crippen LogP contribution in [0.15, 0.2) is 11.6 Å². The Morgan fingerprint density at radius 2 is 2.50 bits per heavy atom. The fourth-order valence-electron chi connectivity index (χ4n) is 2.61. The van der Waals surface area contributed by atoms with Gasteiger partial charge in [-0.1, -0.05) is 6.08 Å². The summed E-state index contributed by atoms with van der Waals surface area (Å²) in [6.45, 7) is 1.55. The Kier molecular flexibility index (Phi) is 1.62. The number of carbonyl (C=O) groups is 1. The van der Waals surface area contributed by atoms with Crippen LogP contribution in [0.25, 0.3) is 0 Å². The number of Topliss-reactive ketones (excluding diaryl/α,β-unsaturated/α-hetero) is 1. The van der Waals surface area contributed by atoms with Gasteiger partial charge in [-0.2, -0.15) is 0 Å². The van der Waals surface area contributed by atoms with E-state index in [0.717, 1.165) is 25.7 Å². The number of carbonyl (C=O) groups excluding carboxylic acids is 1. The molecule has 2 heteroatoms. The van der Waals surface area contributed by atoms with Crippen LogP contribution in [-0.2, 0) is 4.79 Å². The molecule has 1 saturated carbocycles. The number of ketones is 1. The molecular formula is C10H14O2. The molecule has 0 heterocycles. The van der Waals surface area contributed by atoms with E-state index < -0.39 is 5.60 Å². The summed E-state index contributed by atoms with van der Waals surface area (Å²) in [5.74, 6) is 0.373. The SMILES string of the molecule is CC(=O)C1=CCC2CCCC12O. The van der Waals surface area contributed by atoms with Crippen LogP contribution in [0.3, 0.4) is 0 Å². The Hall–Kier alpha value is -0.630. The van der Waals surface area contributed by atoms with Gasteiger partial charge in [0.25, 0.3) is 0 Å². The van der Waals surface area contributed by atoms with E-state index >= 15 is 0 Å². The van der Waals surface area contributed by atoms with E-state index in [4.69, 9.17) is 0 Å². The highest BCUT2D eigenvalue weighted by atomic mass is 16.3. The number of fused-ring (bicyclic) bond motifs is 1. The molecular weight excluding hydrogens is 152 g/mol. The maximum Gasteiger partial charge on any atom is 0.158 e. The zero-order valence-electron chi connectivity index (χ0n) is 7.34. The molecule has 2 aliphatic rings. The van der Waals surface area contributed by atoms with E-state index in [0.29, 0.717) is 11.5 Å². The summed E-state index contributed by atoms with van der Waals surface area (Å²) >= 11 is 0. The first kappa shape index (κ1) is 7.99. The van der Waals surface area contributed by atoms with E-state index in [-0.39, 0.29) is 5.78 Å². The highest BCUT2D eigenvalue weighted by molar-refractivity contribution is 5.96. The van der Waals surface area contributed by atoms with Crippen LogP contribution in [0.2, 0.25) is 0 Å². The van der Waals surface area contributed by atoms with Crippen molar-refractivity contribution in [2.75, 3.05) is 0 Å². The summed E-state index contributed by atoms with van der Waals surface area (Å²) in [5.41, 5.74) is -0.0729. The average Bonchev–Trinajstić information content (AvgIpc) is 2.42. The Labute approximate surface area is 72.3 Å². The number of rotatable bonds is 1. The van der Waals surface area contributed by atoms with Crippen molar-refractivity contribution in [2.45, 2.75) is 38.2 Å². The molecule has 0 saturated heterocycles. The predicted octanol–water partition coefficient (Wildman–Crippen LogP) is 1.44. The van der Waals surface area contributed by atoms with Gasteiger partial charge in [-0.3, -0.25) is 4.79 Å². The maximum absolute atomic E-state index is 11.2. The summed E-state index contributed by atoms with van der Waals surface area (Å²) in [6, 6.07) is 0. The fourth-order valence-corrected chi connectivity index (χ4v) is 2.61. The molecule has 0 aliphatic heterocycles. The molecule has 2 nitrogen and oxygen atoms in total. The number of allylic oxidation sites excluding steroid dienone is 1. The van der Waals surface area contributed by atoms with E-state index in [1.165, 1.54) is 0 Å². The molecule has 0 aromatic heterocycles. The lowest BCUT2D eigenvalue weighted by atomic mass is 9.87. The smallest absolute Gasteiger partial charge is 0.158 e. The molecule has 66 valence electrons. The molecule has 12 heavy (non-hydrogen) atoms. The Morgan fingerprint density at radius 3 is 3.17 bits per heavy atom. The van der Waals surface area contributed by atoms with Crippen LogP contribution < -0.4 is 0 Å². The van der Waals surface area contributed by atoms with Crippen LogP contribution >= 0.6 is 0 Å². The lowest BCUT2D eigenvalue weighted by molar-refractivity contribution is -0.116. The van der Waals surface area contributed by atoms with Gasteiger partial charge in [-0.05, 0) is 38.5 Å². The van der Waals surface area contributed by atoms with Crippen molar-refractivity contribution in [1.82, 2.24) is 0 Å². The molecule has 1 N–H and O–H groups in total. The van der Waals surface area contributed by atoms with Crippen molar-refractivity contribution >= 4 is 5.78 Å². The van der Waals surface area contributed by atoms with E-state index in [1.54, 1.807) is 6.92 Å². The summed E-state index contributed by atoms with van der Waals surface area (Å²) in [7, 11) is 0. The van der Waals surface area contributed by atoms with E-state index in [9.17, 15) is 9.90 Å². The second kappa shape index (κ2) is 2.43. The highest BCUT2D eigenvalue weighted by Gasteiger charge is 2.48. The minimum Gasteiger partial charge on any atom is -0.385 e. The van der Waals surface area contributed by atoms with Crippen molar-refractivity contribution in [3.63, 3.8) is 0 Å². The van der Waals surface area contributed by atoms with Crippen LogP contribution in [0.4, 0.5) is 0 Å². The standard InChI is InChI=1S/C10H14O2/c1-7(11)9-5-4-8-3-2-6-10(8,9)12/h5,8,12H,2-4,6H2,1H3. The van der Waals surface area contributed by atoms with Gasteiger partial charge in [-0.15, -0.1) is 0 Å². The first-order chi connectivity index (χ1) is 5.64. The van der Waals surface area contributed by atoms with Crippen molar-refractivity contribution < 1.29 is 9.90 Å². The minimum atomic E-state index is -0.744. The molecule has 2 rings (SSSR count). The first-order valence-corrected chi connectivity index (χ1v) is 4.58. The maximum atomic E-state index is 11.2. The van der Waals surface area contributed by atoms with Crippen molar-refractivity contribution in [3.05, 3.63) is 11.6 Å². The number of hydrogen-bond donors (Lipinski definition) is 1. The third kappa shape index (κ3) is 0.876. The highest BCUT2D eigenvalue weighted by Crippen LogP contribution is 2.47. The van der Waals surface area contributed by atoms with Gasteiger partial charge in [0.2, 0.25) is 0 Å². The van der Waals surface area contributed by atoms with E-state index in [2.05, 4.69) is 0 Å². The van der Waals surface area contributed by atoms with Gasteiger partial charge in [0, 0.05) is 5.57 Å². The molecule has 0 radical (unpaired) electrons. The Morgan fingerprint density at radius 1 is 1.75 bits per heavy atom. The van der Waals surface area contributed by atoms with Gasteiger partial charge in [0.15, 0.2) is 5.78 Å². The normalized spacial score (nSPS) is 39.5. The number of hydrogen-bond acceptors (Lipinski definition) is 2. The fraction of sp³-hybridized carbons (Fsp3) is 0.700. The molecule has 1 fully saturated rings. The lowest BCUT2D eigenvalue weighted by Crippen LogP contribution is -2.33. The summed E-state index contributed by atoms with van der Waals surface area (Å²) < 4.78 is 0. The molecule has 0 aromatic rings. The average molecular weight is 166 g/mol.